The summed E-state index contributed by atoms with van der Waals surface area (Å²) in [6.07, 6.45) is -3.02. The molecule has 0 aliphatic carbocycles. The average molecular weight is 524 g/mol. The number of carbonyl (C=O) groups is 2. The first-order valence-corrected chi connectivity index (χ1v) is 12.0. The van der Waals surface area contributed by atoms with Gasteiger partial charge in [0.15, 0.2) is 0 Å². The van der Waals surface area contributed by atoms with E-state index < -0.39 is 29.5 Å². The molecule has 196 valence electrons. The second-order valence-corrected chi connectivity index (χ2v) is 9.18. The molecule has 2 aliphatic heterocycles. The van der Waals surface area contributed by atoms with Crippen molar-refractivity contribution in [1.29, 1.82) is 0 Å². The van der Waals surface area contributed by atoms with Gasteiger partial charge in [0.05, 0.1) is 30.9 Å². The minimum atomic E-state index is -4.56. The molecule has 0 saturated carbocycles. The number of nitrogens with zero attached hydrogens (tertiary/aromatic N) is 1. The largest absolute Gasteiger partial charge is 0.507 e. The number of hydrogen-bond acceptors (Lipinski definition) is 5. The topological polar surface area (TPSA) is 76.1 Å². The molecular formula is C29H24F3NO5. The SMILES string of the molecule is COc1cccc(C2/C(=C(/O)c3ccc4c(c3)CCCO4)C(=O)C(=O)N2Cc2cccc(C(F)(F)F)c2)c1. The Labute approximate surface area is 216 Å². The summed E-state index contributed by atoms with van der Waals surface area (Å²) in [6.45, 7) is 0.319. The normalized spacial score (nSPS) is 18.7. The molecule has 5 rings (SSSR count). The fourth-order valence-electron chi connectivity index (χ4n) is 4.91. The first kappa shape index (κ1) is 25.4. The Morgan fingerprint density at radius 1 is 1.08 bits per heavy atom. The third-order valence-electron chi connectivity index (χ3n) is 6.74. The van der Waals surface area contributed by atoms with Gasteiger partial charge in [0.2, 0.25) is 0 Å². The smallest absolute Gasteiger partial charge is 0.416 e. The maximum absolute atomic E-state index is 13.3. The van der Waals surface area contributed by atoms with Crippen molar-refractivity contribution in [2.75, 3.05) is 13.7 Å². The van der Waals surface area contributed by atoms with E-state index in [1.807, 2.05) is 0 Å². The number of carbonyl (C=O) groups excluding carboxylic acids is 2. The van der Waals surface area contributed by atoms with Gasteiger partial charge in [0.25, 0.3) is 11.7 Å². The summed E-state index contributed by atoms with van der Waals surface area (Å²) in [5, 5.41) is 11.4. The first-order valence-electron chi connectivity index (χ1n) is 12.0. The van der Waals surface area contributed by atoms with Crippen LogP contribution in [-0.2, 0) is 28.7 Å². The van der Waals surface area contributed by atoms with Crippen molar-refractivity contribution in [3.05, 3.63) is 100 Å². The molecule has 2 aliphatic rings. The molecule has 9 heteroatoms. The van der Waals surface area contributed by atoms with Crippen LogP contribution < -0.4 is 9.47 Å². The Morgan fingerprint density at radius 3 is 2.63 bits per heavy atom. The Bertz CT molecular complexity index is 1450. The highest BCUT2D eigenvalue weighted by atomic mass is 19.4. The maximum atomic E-state index is 13.3. The number of alkyl halides is 3. The molecule has 6 nitrogen and oxygen atoms in total. The van der Waals surface area contributed by atoms with Gasteiger partial charge in [-0.25, -0.2) is 0 Å². The van der Waals surface area contributed by atoms with Gasteiger partial charge in [0.1, 0.15) is 17.3 Å². The van der Waals surface area contributed by atoms with Crippen LogP contribution in [0, 0.1) is 0 Å². The molecule has 0 radical (unpaired) electrons. The number of amides is 1. The van der Waals surface area contributed by atoms with Gasteiger partial charge in [-0.2, -0.15) is 13.2 Å². The lowest BCUT2D eigenvalue weighted by molar-refractivity contribution is -0.140. The van der Waals surface area contributed by atoms with Crippen LogP contribution in [0.5, 0.6) is 11.5 Å². The summed E-state index contributed by atoms with van der Waals surface area (Å²) in [5.41, 5.74) is 0.877. The highest BCUT2D eigenvalue weighted by molar-refractivity contribution is 6.46. The molecule has 1 saturated heterocycles. The Hall–Kier alpha value is -4.27. The van der Waals surface area contributed by atoms with Crippen molar-refractivity contribution in [1.82, 2.24) is 4.90 Å². The Morgan fingerprint density at radius 2 is 1.87 bits per heavy atom. The van der Waals surface area contributed by atoms with Crippen molar-refractivity contribution < 1.29 is 37.3 Å². The van der Waals surface area contributed by atoms with Crippen LogP contribution in [0.25, 0.3) is 5.76 Å². The molecule has 3 aromatic rings. The van der Waals surface area contributed by atoms with E-state index in [9.17, 15) is 27.9 Å². The number of likely N-dealkylation sites (tertiary alicyclic amines) is 1. The van der Waals surface area contributed by atoms with E-state index in [0.29, 0.717) is 29.2 Å². The number of Topliss-reactive ketones (excluding diaryl/α,β-unsaturated/α-hetero) is 1. The number of rotatable bonds is 5. The predicted molar refractivity (Wildman–Crippen MR) is 133 cm³/mol. The highest BCUT2D eigenvalue weighted by Gasteiger charge is 2.46. The summed E-state index contributed by atoms with van der Waals surface area (Å²) in [4.78, 5) is 27.8. The summed E-state index contributed by atoms with van der Waals surface area (Å²) in [6, 6.07) is 15.3. The lowest BCUT2D eigenvalue weighted by Gasteiger charge is -2.26. The number of benzene rings is 3. The number of hydrogen-bond donors (Lipinski definition) is 1. The van der Waals surface area contributed by atoms with Gasteiger partial charge >= 0.3 is 6.18 Å². The Balaban J connectivity index is 1.62. The zero-order valence-corrected chi connectivity index (χ0v) is 20.4. The molecule has 1 atom stereocenters. The molecule has 1 N–H and O–H groups in total. The first-order chi connectivity index (χ1) is 18.2. The summed E-state index contributed by atoms with van der Waals surface area (Å²) in [7, 11) is 1.47. The minimum absolute atomic E-state index is 0.146. The van der Waals surface area contributed by atoms with Crippen molar-refractivity contribution in [2.45, 2.75) is 31.6 Å². The molecule has 0 bridgehead atoms. The van der Waals surface area contributed by atoms with Gasteiger partial charge in [-0.05, 0) is 72.0 Å². The molecule has 1 fully saturated rings. The summed E-state index contributed by atoms with van der Waals surface area (Å²) in [5.74, 6) is -1.05. The third kappa shape index (κ3) is 4.71. The fraction of sp³-hybridized carbons (Fsp3) is 0.241. The fourth-order valence-corrected chi connectivity index (χ4v) is 4.91. The molecule has 38 heavy (non-hydrogen) atoms. The summed E-state index contributed by atoms with van der Waals surface area (Å²) < 4.78 is 50.9. The van der Waals surface area contributed by atoms with Crippen molar-refractivity contribution in [2.24, 2.45) is 0 Å². The lowest BCUT2D eigenvalue weighted by atomic mass is 9.93. The van der Waals surface area contributed by atoms with Crippen LogP contribution in [0.15, 0.2) is 72.3 Å². The molecule has 2 heterocycles. The van der Waals surface area contributed by atoms with Crippen LogP contribution in [0.3, 0.4) is 0 Å². The molecule has 0 aromatic heterocycles. The van der Waals surface area contributed by atoms with E-state index in [1.165, 1.54) is 24.1 Å². The van der Waals surface area contributed by atoms with Crippen molar-refractivity contribution >= 4 is 17.4 Å². The Kier molecular flexibility index (Phi) is 6.60. The zero-order chi connectivity index (χ0) is 27.0. The van der Waals surface area contributed by atoms with E-state index in [1.54, 1.807) is 42.5 Å². The number of ketones is 1. The number of aryl methyl sites for hydroxylation is 1. The average Bonchev–Trinajstić information content (AvgIpc) is 3.17. The van der Waals surface area contributed by atoms with E-state index in [0.717, 1.165) is 30.5 Å². The number of aliphatic hydroxyl groups excluding tert-OH is 1. The molecule has 3 aromatic carbocycles. The number of aliphatic hydroxyl groups is 1. The second-order valence-electron chi connectivity index (χ2n) is 9.18. The van der Waals surface area contributed by atoms with E-state index in [4.69, 9.17) is 9.47 Å². The third-order valence-corrected chi connectivity index (χ3v) is 6.74. The van der Waals surface area contributed by atoms with E-state index in [-0.39, 0.29) is 23.4 Å². The number of halogens is 3. The van der Waals surface area contributed by atoms with Crippen LogP contribution in [0.2, 0.25) is 0 Å². The number of fused-ring (bicyclic) bond motifs is 1. The monoisotopic (exact) mass is 523 g/mol. The number of methoxy groups -OCH3 is 1. The zero-order valence-electron chi connectivity index (χ0n) is 20.4. The van der Waals surface area contributed by atoms with Gasteiger partial charge < -0.3 is 19.5 Å². The predicted octanol–water partition coefficient (Wildman–Crippen LogP) is 5.66. The second kappa shape index (κ2) is 9.89. The molecule has 1 amide bonds. The molecule has 0 spiro atoms. The van der Waals surface area contributed by atoms with Crippen LogP contribution in [-0.4, -0.2) is 35.4 Å². The van der Waals surface area contributed by atoms with Crippen molar-refractivity contribution in [3.8, 4) is 11.5 Å². The van der Waals surface area contributed by atoms with Crippen LogP contribution in [0.1, 0.15) is 40.3 Å². The van der Waals surface area contributed by atoms with Crippen LogP contribution in [0.4, 0.5) is 13.2 Å². The molecule has 1 unspecified atom stereocenters. The van der Waals surface area contributed by atoms with Gasteiger partial charge in [-0.3, -0.25) is 9.59 Å². The van der Waals surface area contributed by atoms with Crippen molar-refractivity contribution in [3.63, 3.8) is 0 Å². The standard InChI is InChI=1S/C29H24F3NO5/c1-37-22-9-3-6-19(15-22)25-24(26(34)20-10-11-23-18(14-20)7-4-12-38-23)27(35)28(36)33(25)16-17-5-2-8-21(13-17)29(30,31)32/h2-3,5-6,8-11,13-15,25,34H,4,7,12,16H2,1H3/b26-24-. The number of ether oxygens (including phenoxy) is 2. The lowest BCUT2D eigenvalue weighted by Crippen LogP contribution is -2.29. The van der Waals surface area contributed by atoms with E-state index in [2.05, 4.69) is 0 Å². The quantitative estimate of drug-likeness (QED) is 0.265. The molecular weight excluding hydrogens is 499 g/mol. The summed E-state index contributed by atoms with van der Waals surface area (Å²) >= 11 is 0. The van der Waals surface area contributed by atoms with Gasteiger partial charge in [0, 0.05) is 12.1 Å². The van der Waals surface area contributed by atoms with E-state index >= 15 is 0 Å². The maximum Gasteiger partial charge on any atom is 0.416 e. The van der Waals surface area contributed by atoms with Crippen LogP contribution >= 0.6 is 0 Å². The van der Waals surface area contributed by atoms with Gasteiger partial charge in [-0.1, -0.05) is 24.3 Å². The van der Waals surface area contributed by atoms with Gasteiger partial charge in [-0.15, -0.1) is 0 Å². The minimum Gasteiger partial charge on any atom is -0.507 e. The highest BCUT2D eigenvalue weighted by Crippen LogP contribution is 2.42.